The first-order valence-electron chi connectivity index (χ1n) is 7.14. The predicted octanol–water partition coefficient (Wildman–Crippen LogP) is 5.18. The van der Waals surface area contributed by atoms with E-state index in [2.05, 4.69) is 0 Å². The van der Waals surface area contributed by atoms with Crippen LogP contribution in [-0.2, 0) is 4.79 Å². The van der Waals surface area contributed by atoms with Crippen LogP contribution >= 0.6 is 0 Å². The van der Waals surface area contributed by atoms with Crippen LogP contribution in [0.1, 0.15) is 63.5 Å². The average molecular weight is 302 g/mol. The summed E-state index contributed by atoms with van der Waals surface area (Å²) in [6.45, 7) is 7.69. The molecule has 0 saturated carbocycles. The number of hydrogen-bond acceptors (Lipinski definition) is 2. The summed E-state index contributed by atoms with van der Waals surface area (Å²) in [6.07, 6.45) is -3.49. The van der Waals surface area contributed by atoms with E-state index in [-0.39, 0.29) is 17.6 Å². The van der Waals surface area contributed by atoms with Crippen molar-refractivity contribution in [2.75, 3.05) is 0 Å². The molecule has 0 radical (unpaired) electrons. The number of rotatable bonds is 5. The molecule has 118 valence electrons. The van der Waals surface area contributed by atoms with Crippen LogP contribution in [0.15, 0.2) is 18.2 Å². The zero-order valence-electron chi connectivity index (χ0n) is 12.8. The van der Waals surface area contributed by atoms with Crippen LogP contribution in [0.3, 0.4) is 0 Å². The molecule has 0 aliphatic carbocycles. The third-order valence-corrected chi connectivity index (χ3v) is 3.79. The number of esters is 1. The van der Waals surface area contributed by atoms with Crippen molar-refractivity contribution in [1.82, 2.24) is 0 Å². The smallest absolute Gasteiger partial charge is 0.419 e. The first-order chi connectivity index (χ1) is 9.72. The van der Waals surface area contributed by atoms with E-state index in [1.807, 2.05) is 27.7 Å². The fourth-order valence-electron chi connectivity index (χ4n) is 2.06. The fraction of sp³-hybridized carbons (Fsp3) is 0.562. The lowest BCUT2D eigenvalue weighted by Gasteiger charge is -2.21. The molecule has 5 heteroatoms. The second-order valence-electron chi connectivity index (χ2n) is 5.27. The molecular formula is C16H21F3O2. The van der Waals surface area contributed by atoms with Gasteiger partial charge < -0.3 is 4.74 Å². The lowest BCUT2D eigenvalue weighted by molar-refractivity contribution is -0.189. The lowest BCUT2D eigenvalue weighted by Crippen LogP contribution is -2.29. The monoisotopic (exact) mass is 302 g/mol. The van der Waals surface area contributed by atoms with E-state index in [1.165, 1.54) is 0 Å². The topological polar surface area (TPSA) is 26.3 Å². The van der Waals surface area contributed by atoms with E-state index in [4.69, 9.17) is 4.74 Å². The summed E-state index contributed by atoms with van der Waals surface area (Å²) < 4.78 is 42.2. The fourth-order valence-corrected chi connectivity index (χ4v) is 2.06. The van der Waals surface area contributed by atoms with Crippen molar-refractivity contribution in [1.29, 1.82) is 0 Å². The molecule has 2 unspecified atom stereocenters. The molecule has 1 aromatic rings. The highest BCUT2D eigenvalue weighted by Crippen LogP contribution is 2.37. The number of benzene rings is 1. The zero-order chi connectivity index (χ0) is 16.2. The van der Waals surface area contributed by atoms with Gasteiger partial charge in [-0.05, 0) is 35.8 Å². The summed E-state index contributed by atoms with van der Waals surface area (Å²) in [7, 11) is 0. The van der Waals surface area contributed by atoms with Gasteiger partial charge >= 0.3 is 12.1 Å². The van der Waals surface area contributed by atoms with E-state index >= 15 is 0 Å². The molecule has 0 fully saturated rings. The maximum Gasteiger partial charge on any atom is 0.491 e. The molecule has 0 amide bonds. The van der Waals surface area contributed by atoms with Crippen molar-refractivity contribution >= 4 is 5.97 Å². The Morgan fingerprint density at radius 2 is 1.52 bits per heavy atom. The molecule has 2 nitrogen and oxygen atoms in total. The molecule has 1 rings (SSSR count). The van der Waals surface area contributed by atoms with Gasteiger partial charge in [0.25, 0.3) is 0 Å². The van der Waals surface area contributed by atoms with Crippen LogP contribution in [0.4, 0.5) is 13.2 Å². The highest BCUT2D eigenvalue weighted by atomic mass is 19.4. The Morgan fingerprint density at radius 3 is 1.86 bits per heavy atom. The molecule has 0 saturated heterocycles. The molecule has 0 spiro atoms. The normalized spacial score (nSPS) is 14.6. The summed E-state index contributed by atoms with van der Waals surface area (Å²) in [6, 6.07) is 5.24. The van der Waals surface area contributed by atoms with Gasteiger partial charge in [0, 0.05) is 0 Å². The third-order valence-electron chi connectivity index (χ3n) is 3.79. The van der Waals surface area contributed by atoms with Crippen LogP contribution in [-0.4, -0.2) is 12.1 Å². The number of alkyl halides is 3. The van der Waals surface area contributed by atoms with Gasteiger partial charge in [-0.1, -0.05) is 45.9 Å². The van der Waals surface area contributed by atoms with Crippen molar-refractivity contribution in [3.8, 4) is 5.75 Å². The van der Waals surface area contributed by atoms with Gasteiger partial charge in [0.2, 0.25) is 0 Å². The maximum atomic E-state index is 12.5. The quantitative estimate of drug-likeness (QED) is 0.553. The van der Waals surface area contributed by atoms with Crippen LogP contribution in [0.2, 0.25) is 0 Å². The lowest BCUT2D eigenvalue weighted by atomic mass is 9.90. The number of hydrogen-bond donors (Lipinski definition) is 0. The molecular weight excluding hydrogens is 281 g/mol. The van der Waals surface area contributed by atoms with Gasteiger partial charge in [-0.3, -0.25) is 0 Å². The van der Waals surface area contributed by atoms with Crippen LogP contribution in [0.25, 0.3) is 0 Å². The molecule has 0 aromatic heterocycles. The summed E-state index contributed by atoms with van der Waals surface area (Å²) >= 11 is 0. The van der Waals surface area contributed by atoms with Gasteiger partial charge in [-0.25, -0.2) is 4.79 Å². The molecule has 0 bridgehead atoms. The Kier molecular flexibility index (Phi) is 5.81. The summed E-state index contributed by atoms with van der Waals surface area (Å²) in [4.78, 5) is 11.2. The van der Waals surface area contributed by atoms with Crippen molar-refractivity contribution in [3.63, 3.8) is 0 Å². The highest BCUT2D eigenvalue weighted by molar-refractivity contribution is 5.79. The minimum Gasteiger partial charge on any atom is -0.419 e. The first kappa shape index (κ1) is 17.5. The molecule has 21 heavy (non-hydrogen) atoms. The van der Waals surface area contributed by atoms with Gasteiger partial charge in [0.15, 0.2) is 0 Å². The highest BCUT2D eigenvalue weighted by Gasteiger charge is 2.42. The van der Waals surface area contributed by atoms with Gasteiger partial charge in [-0.2, -0.15) is 13.2 Å². The Hall–Kier alpha value is -1.52. The van der Waals surface area contributed by atoms with Gasteiger partial charge in [0.1, 0.15) is 5.75 Å². The molecule has 2 atom stereocenters. The zero-order valence-corrected chi connectivity index (χ0v) is 12.8. The predicted molar refractivity (Wildman–Crippen MR) is 75.5 cm³/mol. The second kappa shape index (κ2) is 6.96. The number of ether oxygens (including phenoxy) is 1. The molecule has 0 aliphatic rings. The van der Waals surface area contributed by atoms with Crippen LogP contribution in [0, 0.1) is 0 Å². The van der Waals surface area contributed by atoms with Gasteiger partial charge in [0.05, 0.1) is 0 Å². The SMILES string of the molecule is CCC(C)c1cccc(C(C)CC)c1OC(=O)C(F)(F)F. The second-order valence-corrected chi connectivity index (χ2v) is 5.27. The Labute approximate surface area is 123 Å². The Balaban J connectivity index is 3.32. The molecule has 1 aromatic carbocycles. The number of carbonyl (C=O) groups is 1. The standard InChI is InChI=1S/C16H21F3O2/c1-5-10(3)12-8-7-9-13(11(4)6-2)14(12)21-15(20)16(17,18)19/h7-11H,5-6H2,1-4H3. The molecule has 0 heterocycles. The summed E-state index contributed by atoms with van der Waals surface area (Å²) in [5, 5.41) is 0. The van der Waals surface area contributed by atoms with Crippen LogP contribution < -0.4 is 4.74 Å². The van der Waals surface area contributed by atoms with Gasteiger partial charge in [-0.15, -0.1) is 0 Å². The number of halogens is 3. The van der Waals surface area contributed by atoms with Crippen molar-refractivity contribution < 1.29 is 22.7 Å². The van der Waals surface area contributed by atoms with Crippen LogP contribution in [0.5, 0.6) is 5.75 Å². The largest absolute Gasteiger partial charge is 0.491 e. The van der Waals surface area contributed by atoms with E-state index in [0.717, 1.165) is 12.8 Å². The van der Waals surface area contributed by atoms with E-state index in [1.54, 1.807) is 18.2 Å². The first-order valence-corrected chi connectivity index (χ1v) is 7.14. The minimum absolute atomic E-state index is 0.0186. The van der Waals surface area contributed by atoms with Crippen molar-refractivity contribution in [2.24, 2.45) is 0 Å². The van der Waals surface area contributed by atoms with Crippen molar-refractivity contribution in [3.05, 3.63) is 29.3 Å². The van der Waals surface area contributed by atoms with Crippen molar-refractivity contribution in [2.45, 2.75) is 58.5 Å². The Morgan fingerprint density at radius 1 is 1.10 bits per heavy atom. The van der Waals surface area contributed by atoms with E-state index in [0.29, 0.717) is 11.1 Å². The number of carbonyl (C=O) groups excluding carboxylic acids is 1. The molecule has 0 aliphatic heterocycles. The van der Waals surface area contributed by atoms with E-state index in [9.17, 15) is 18.0 Å². The molecule has 0 N–H and O–H groups in total. The van der Waals surface area contributed by atoms with E-state index < -0.39 is 12.1 Å². The number of para-hydroxylation sites is 1. The summed E-state index contributed by atoms with van der Waals surface area (Å²) in [5.74, 6) is -2.05. The minimum atomic E-state index is -4.99. The Bertz CT molecular complexity index is 467. The maximum absolute atomic E-state index is 12.5. The third kappa shape index (κ3) is 4.22. The average Bonchev–Trinajstić information content (AvgIpc) is 2.44. The summed E-state index contributed by atoms with van der Waals surface area (Å²) in [5.41, 5.74) is 1.29.